The van der Waals surface area contributed by atoms with Crippen LogP contribution in [0.3, 0.4) is 0 Å². The van der Waals surface area contributed by atoms with E-state index in [4.69, 9.17) is 19.4 Å². The predicted octanol–water partition coefficient (Wildman–Crippen LogP) is 11.0. The maximum atomic E-state index is 6.93. The average Bonchev–Trinajstić information content (AvgIpc) is 3.10. The van der Waals surface area contributed by atoms with E-state index < -0.39 is 0 Å². The highest BCUT2D eigenvalue weighted by Crippen LogP contribution is 2.62. The second-order valence-electron chi connectivity index (χ2n) is 11.4. The Kier molecular flexibility index (Phi) is 4.93. The van der Waals surface area contributed by atoms with Crippen LogP contribution in [0.15, 0.2) is 140 Å². The molecule has 0 aliphatic carbocycles. The number of aromatic nitrogens is 2. The second-order valence-corrected chi connectivity index (χ2v) is 11.4. The summed E-state index contributed by atoms with van der Waals surface area (Å²) in [6, 6.07) is 47.7. The van der Waals surface area contributed by atoms with Gasteiger partial charge in [-0.25, -0.2) is 9.97 Å². The van der Waals surface area contributed by atoms with Gasteiger partial charge in [-0.15, -0.1) is 0 Å². The van der Waals surface area contributed by atoms with Gasteiger partial charge < -0.3 is 9.47 Å². The van der Waals surface area contributed by atoms with Crippen LogP contribution in [0.25, 0.3) is 55.1 Å². The lowest BCUT2D eigenvalue weighted by atomic mass is 9.97. The Morgan fingerprint density at radius 1 is 0.444 bits per heavy atom. The van der Waals surface area contributed by atoms with E-state index in [-0.39, 0.29) is 0 Å². The number of rotatable bonds is 2. The van der Waals surface area contributed by atoms with Crippen molar-refractivity contribution in [1.29, 1.82) is 0 Å². The maximum absolute atomic E-state index is 6.93. The number of hydrogen-bond donors (Lipinski definition) is 0. The molecule has 0 unspecified atom stereocenters. The minimum atomic E-state index is 0.691. The molecule has 0 N–H and O–H groups in total. The summed E-state index contributed by atoms with van der Waals surface area (Å²) in [4.78, 5) is 12.6. The van der Waals surface area contributed by atoms with Crippen molar-refractivity contribution < 1.29 is 9.47 Å². The van der Waals surface area contributed by atoms with Crippen LogP contribution in [0.1, 0.15) is 0 Å². The molecule has 1 aromatic heterocycles. The smallest absolute Gasteiger partial charge is 0.164 e. The molecule has 5 heteroatoms. The van der Waals surface area contributed by atoms with Crippen LogP contribution < -0.4 is 14.4 Å². The minimum Gasteiger partial charge on any atom is -0.453 e. The number of anilines is 3. The van der Waals surface area contributed by atoms with Crippen molar-refractivity contribution in [3.63, 3.8) is 0 Å². The molecule has 0 spiro atoms. The van der Waals surface area contributed by atoms with E-state index in [1.165, 1.54) is 0 Å². The Morgan fingerprint density at radius 3 is 1.62 bits per heavy atom. The fourth-order valence-corrected chi connectivity index (χ4v) is 6.65. The van der Waals surface area contributed by atoms with Crippen LogP contribution in [-0.4, -0.2) is 9.97 Å². The van der Waals surface area contributed by atoms with Gasteiger partial charge in [-0.1, -0.05) is 91.0 Å². The monoisotopic (exact) mass is 577 g/mol. The number of fused-ring (bicyclic) bond motifs is 7. The van der Waals surface area contributed by atoms with Gasteiger partial charge in [0, 0.05) is 11.1 Å². The third-order valence-corrected chi connectivity index (χ3v) is 8.76. The molecule has 0 saturated heterocycles. The van der Waals surface area contributed by atoms with Crippen molar-refractivity contribution in [2.75, 3.05) is 4.90 Å². The fraction of sp³-hybridized carbons (Fsp3) is 0. The Balaban J connectivity index is 1.29. The molecule has 3 heterocycles. The zero-order chi connectivity index (χ0) is 29.5. The number of nitrogens with zero attached hydrogens (tertiary/aromatic N) is 3. The largest absolute Gasteiger partial charge is 0.453 e. The van der Waals surface area contributed by atoms with Crippen LogP contribution in [-0.2, 0) is 0 Å². The zero-order valence-electron chi connectivity index (χ0n) is 23.9. The molecule has 0 saturated carbocycles. The fourth-order valence-electron chi connectivity index (χ4n) is 6.65. The van der Waals surface area contributed by atoms with E-state index in [9.17, 15) is 0 Å². The lowest BCUT2D eigenvalue weighted by Crippen LogP contribution is -2.21. The molecular weight excluding hydrogens is 554 g/mol. The molecule has 0 atom stereocenters. The normalized spacial score (nSPS) is 12.8. The summed E-state index contributed by atoms with van der Waals surface area (Å²) < 4.78 is 13.6. The van der Waals surface area contributed by atoms with Gasteiger partial charge in [0.15, 0.2) is 23.0 Å². The molecule has 210 valence electrons. The first-order valence-corrected chi connectivity index (χ1v) is 15.0. The number of ether oxygens (including phenoxy) is 2. The van der Waals surface area contributed by atoms with Gasteiger partial charge in [0.2, 0.25) is 0 Å². The molecule has 5 nitrogen and oxygen atoms in total. The van der Waals surface area contributed by atoms with Crippen molar-refractivity contribution in [2.45, 2.75) is 0 Å². The summed E-state index contributed by atoms with van der Waals surface area (Å²) in [5.74, 6) is 2.99. The van der Waals surface area contributed by atoms with E-state index in [1.54, 1.807) is 0 Å². The van der Waals surface area contributed by atoms with Gasteiger partial charge in [-0.05, 0) is 70.1 Å². The van der Waals surface area contributed by atoms with Crippen molar-refractivity contribution in [2.24, 2.45) is 0 Å². The Morgan fingerprint density at radius 2 is 0.978 bits per heavy atom. The quantitative estimate of drug-likeness (QED) is 0.205. The maximum Gasteiger partial charge on any atom is 0.164 e. The van der Waals surface area contributed by atoms with Gasteiger partial charge in [0.25, 0.3) is 0 Å². The van der Waals surface area contributed by atoms with Crippen LogP contribution in [0.4, 0.5) is 17.1 Å². The molecular formula is C40H23N3O2. The van der Waals surface area contributed by atoms with Crippen LogP contribution in [0.5, 0.6) is 23.0 Å². The lowest BCUT2D eigenvalue weighted by Gasteiger charge is -2.39. The predicted molar refractivity (Wildman–Crippen MR) is 180 cm³/mol. The summed E-state index contributed by atoms with van der Waals surface area (Å²) in [5.41, 5.74) is 7.84. The third-order valence-electron chi connectivity index (χ3n) is 8.76. The van der Waals surface area contributed by atoms with Crippen molar-refractivity contribution in [3.8, 4) is 45.5 Å². The van der Waals surface area contributed by atoms with Crippen molar-refractivity contribution in [1.82, 2.24) is 9.97 Å². The molecule has 10 rings (SSSR count). The SMILES string of the molecule is c1ccc(-c2nc3ccccc3nc2-c2ccc3c4c2Oc2cc5ccccc5cc2N4c2cc4ccccc4cc2O3)cc1. The topological polar surface area (TPSA) is 47.5 Å². The first-order valence-electron chi connectivity index (χ1n) is 15.0. The summed E-state index contributed by atoms with van der Waals surface area (Å²) in [6.45, 7) is 0. The van der Waals surface area contributed by atoms with Crippen LogP contribution in [0.2, 0.25) is 0 Å². The molecule has 8 aromatic rings. The lowest BCUT2D eigenvalue weighted by molar-refractivity contribution is 0.448. The molecule has 2 aliphatic heterocycles. The highest BCUT2D eigenvalue weighted by atomic mass is 16.5. The van der Waals surface area contributed by atoms with E-state index in [1.807, 2.05) is 48.5 Å². The van der Waals surface area contributed by atoms with Crippen molar-refractivity contribution >= 4 is 49.6 Å². The summed E-state index contributed by atoms with van der Waals surface area (Å²) in [6.07, 6.45) is 0. The van der Waals surface area contributed by atoms with E-state index in [0.29, 0.717) is 5.75 Å². The molecule has 0 fully saturated rings. The summed E-state index contributed by atoms with van der Waals surface area (Å²) in [5, 5.41) is 4.52. The zero-order valence-corrected chi connectivity index (χ0v) is 23.9. The molecule has 2 aliphatic rings. The van der Waals surface area contributed by atoms with Crippen LogP contribution in [0, 0.1) is 0 Å². The highest BCUT2D eigenvalue weighted by Gasteiger charge is 2.37. The molecule has 7 aromatic carbocycles. The highest BCUT2D eigenvalue weighted by molar-refractivity contribution is 6.04. The molecule has 0 radical (unpaired) electrons. The summed E-state index contributed by atoms with van der Waals surface area (Å²) in [7, 11) is 0. The number of hydrogen-bond acceptors (Lipinski definition) is 5. The van der Waals surface area contributed by atoms with Gasteiger partial charge >= 0.3 is 0 Å². The Labute approximate surface area is 258 Å². The van der Waals surface area contributed by atoms with E-state index in [0.717, 1.165) is 89.4 Å². The second kappa shape index (κ2) is 9.15. The summed E-state index contributed by atoms with van der Waals surface area (Å²) >= 11 is 0. The van der Waals surface area contributed by atoms with Gasteiger partial charge in [0.1, 0.15) is 11.4 Å². The first kappa shape index (κ1) is 24.3. The number of para-hydroxylation sites is 2. The third kappa shape index (κ3) is 3.61. The molecule has 0 bridgehead atoms. The Hall–Kier alpha value is -6.20. The van der Waals surface area contributed by atoms with Gasteiger partial charge in [-0.2, -0.15) is 0 Å². The van der Waals surface area contributed by atoms with Crippen molar-refractivity contribution in [3.05, 3.63) is 140 Å². The molecule has 45 heavy (non-hydrogen) atoms. The first-order chi connectivity index (χ1) is 22.3. The van der Waals surface area contributed by atoms with E-state index in [2.05, 4.69) is 95.9 Å². The number of benzene rings is 7. The minimum absolute atomic E-state index is 0.691. The van der Waals surface area contributed by atoms with Crippen LogP contribution >= 0.6 is 0 Å². The van der Waals surface area contributed by atoms with Gasteiger partial charge in [0.05, 0.1) is 28.1 Å². The van der Waals surface area contributed by atoms with Gasteiger partial charge in [-0.3, -0.25) is 4.90 Å². The van der Waals surface area contributed by atoms with E-state index >= 15 is 0 Å². The average molecular weight is 578 g/mol. The molecule has 0 amide bonds. The Bertz CT molecular complexity index is 2490. The standard InChI is InChI=1S/C40H23N3O2/c1-2-10-24(11-3-1)37-38(42-31-17-9-8-16-30(31)41-37)29-18-19-34-39-40(29)45-36-23-28-15-7-5-13-26(28)21-33(36)43(39)32-20-25-12-4-6-14-27(25)22-35(32)44-34/h1-23H.